The van der Waals surface area contributed by atoms with Crippen molar-refractivity contribution in [3.05, 3.63) is 47.1 Å². The summed E-state index contributed by atoms with van der Waals surface area (Å²) in [7, 11) is 0. The minimum atomic E-state index is 0. The lowest BCUT2D eigenvalue weighted by Gasteiger charge is -2.16. The first-order chi connectivity index (χ1) is 11.1. The summed E-state index contributed by atoms with van der Waals surface area (Å²) in [5.74, 6) is 2.30. The molecular weight excluding hydrogens is 417 g/mol. The summed E-state index contributed by atoms with van der Waals surface area (Å²) in [4.78, 5) is 8.64. The first-order valence-corrected chi connectivity index (χ1v) is 7.96. The Morgan fingerprint density at radius 1 is 1.21 bits per heavy atom. The Hall–Kier alpha value is -1.64. The maximum absolute atomic E-state index is 4.95. The average molecular weight is 443 g/mol. The molecule has 24 heavy (non-hydrogen) atoms. The standard InChI is InChI=1S/C17H25N5O.HI/c1-5-18-17(20-11-16-21-14(4)23-22-16)19-10-13(3)15-8-6-12(2)7-9-15;/h6-9,13H,5,10-11H2,1-4H3,(H2,18,19,20);1H. The second-order valence-electron chi connectivity index (χ2n) is 5.62. The van der Waals surface area contributed by atoms with Gasteiger partial charge in [-0.3, -0.25) is 0 Å². The van der Waals surface area contributed by atoms with Gasteiger partial charge in [0.1, 0.15) is 6.54 Å². The van der Waals surface area contributed by atoms with Gasteiger partial charge in [0.25, 0.3) is 0 Å². The van der Waals surface area contributed by atoms with Crippen molar-refractivity contribution in [3.8, 4) is 0 Å². The molecule has 0 aliphatic rings. The summed E-state index contributed by atoms with van der Waals surface area (Å²) >= 11 is 0. The third-order valence-electron chi connectivity index (χ3n) is 3.51. The van der Waals surface area contributed by atoms with Crippen LogP contribution in [0, 0.1) is 13.8 Å². The van der Waals surface area contributed by atoms with E-state index in [-0.39, 0.29) is 24.0 Å². The van der Waals surface area contributed by atoms with Gasteiger partial charge in [-0.2, -0.15) is 4.98 Å². The van der Waals surface area contributed by atoms with Crippen molar-refractivity contribution in [1.82, 2.24) is 20.8 Å². The van der Waals surface area contributed by atoms with Gasteiger partial charge >= 0.3 is 0 Å². The fraction of sp³-hybridized carbons (Fsp3) is 0.471. The van der Waals surface area contributed by atoms with Crippen LogP contribution in [0.1, 0.15) is 42.6 Å². The fourth-order valence-electron chi connectivity index (χ4n) is 2.16. The quantitative estimate of drug-likeness (QED) is 0.408. The second kappa shape index (κ2) is 10.3. The summed E-state index contributed by atoms with van der Waals surface area (Å²) in [5, 5.41) is 10.4. The Balaban J connectivity index is 0.00000288. The van der Waals surface area contributed by atoms with Crippen molar-refractivity contribution in [2.75, 3.05) is 13.1 Å². The molecule has 0 spiro atoms. The monoisotopic (exact) mass is 443 g/mol. The highest BCUT2D eigenvalue weighted by molar-refractivity contribution is 14.0. The largest absolute Gasteiger partial charge is 0.357 e. The zero-order chi connectivity index (χ0) is 16.7. The minimum absolute atomic E-state index is 0. The lowest BCUT2D eigenvalue weighted by atomic mass is 10.0. The summed E-state index contributed by atoms with van der Waals surface area (Å²) in [6.45, 7) is 10.1. The number of hydrogen-bond donors (Lipinski definition) is 2. The third kappa shape index (κ3) is 6.46. The van der Waals surface area contributed by atoms with Crippen molar-refractivity contribution in [2.45, 2.75) is 40.2 Å². The van der Waals surface area contributed by atoms with Crippen molar-refractivity contribution in [1.29, 1.82) is 0 Å². The van der Waals surface area contributed by atoms with Crippen LogP contribution < -0.4 is 10.6 Å². The zero-order valence-corrected chi connectivity index (χ0v) is 17.0. The zero-order valence-electron chi connectivity index (χ0n) is 14.7. The molecule has 2 aromatic rings. The number of hydrogen-bond acceptors (Lipinski definition) is 4. The molecule has 1 aromatic carbocycles. The molecule has 0 saturated carbocycles. The number of aryl methyl sites for hydroxylation is 2. The number of benzene rings is 1. The van der Waals surface area contributed by atoms with Crippen molar-refractivity contribution < 1.29 is 4.52 Å². The van der Waals surface area contributed by atoms with Crippen LogP contribution in [0.4, 0.5) is 0 Å². The van der Waals surface area contributed by atoms with Gasteiger partial charge in [-0.15, -0.1) is 24.0 Å². The normalized spacial score (nSPS) is 12.4. The molecule has 2 N–H and O–H groups in total. The Labute approximate surface area is 160 Å². The molecule has 2 rings (SSSR count). The van der Waals surface area contributed by atoms with Crippen LogP contribution >= 0.6 is 24.0 Å². The number of nitrogens with zero attached hydrogens (tertiary/aromatic N) is 3. The van der Waals surface area contributed by atoms with Crippen LogP contribution in [0.5, 0.6) is 0 Å². The Morgan fingerprint density at radius 2 is 1.92 bits per heavy atom. The van der Waals surface area contributed by atoms with Gasteiger partial charge in [0.05, 0.1) is 0 Å². The van der Waals surface area contributed by atoms with Crippen molar-refractivity contribution in [2.24, 2.45) is 4.99 Å². The van der Waals surface area contributed by atoms with Gasteiger partial charge in [-0.05, 0) is 25.3 Å². The van der Waals surface area contributed by atoms with Crippen LogP contribution in [-0.4, -0.2) is 29.2 Å². The van der Waals surface area contributed by atoms with Gasteiger partial charge in [0.2, 0.25) is 5.89 Å². The molecule has 0 saturated heterocycles. The molecule has 1 unspecified atom stereocenters. The van der Waals surface area contributed by atoms with Crippen LogP contribution in [0.3, 0.4) is 0 Å². The molecule has 0 bridgehead atoms. The summed E-state index contributed by atoms with van der Waals surface area (Å²) in [6.07, 6.45) is 0. The molecule has 0 amide bonds. The Bertz CT molecular complexity index is 639. The van der Waals surface area contributed by atoms with E-state index in [2.05, 4.69) is 63.9 Å². The third-order valence-corrected chi connectivity index (χ3v) is 3.51. The highest BCUT2D eigenvalue weighted by atomic mass is 127. The molecule has 0 fully saturated rings. The average Bonchev–Trinajstić information content (AvgIpc) is 2.96. The lowest BCUT2D eigenvalue weighted by Crippen LogP contribution is -2.39. The molecule has 0 radical (unpaired) electrons. The van der Waals surface area contributed by atoms with E-state index in [4.69, 9.17) is 4.52 Å². The maximum Gasteiger partial charge on any atom is 0.223 e. The van der Waals surface area contributed by atoms with Gasteiger partial charge in [0, 0.05) is 20.0 Å². The van der Waals surface area contributed by atoms with Gasteiger partial charge in [-0.25, -0.2) is 4.99 Å². The number of guanidine groups is 1. The predicted molar refractivity (Wildman–Crippen MR) is 107 cm³/mol. The van der Waals surface area contributed by atoms with E-state index in [1.54, 1.807) is 6.92 Å². The highest BCUT2D eigenvalue weighted by Crippen LogP contribution is 2.14. The Kier molecular flexibility index (Phi) is 8.73. The van der Waals surface area contributed by atoms with E-state index < -0.39 is 0 Å². The number of aliphatic imine (C=N–C) groups is 1. The highest BCUT2D eigenvalue weighted by Gasteiger charge is 2.07. The molecule has 0 aliphatic heterocycles. The van der Waals surface area contributed by atoms with Gasteiger partial charge in [0.15, 0.2) is 11.8 Å². The molecule has 132 valence electrons. The smallest absolute Gasteiger partial charge is 0.223 e. The predicted octanol–water partition coefficient (Wildman–Crippen LogP) is 3.16. The Morgan fingerprint density at radius 3 is 2.50 bits per heavy atom. The molecule has 7 heteroatoms. The molecule has 6 nitrogen and oxygen atoms in total. The lowest BCUT2D eigenvalue weighted by molar-refractivity contribution is 0.387. The van der Waals surface area contributed by atoms with Crippen LogP contribution in [-0.2, 0) is 6.54 Å². The fourth-order valence-corrected chi connectivity index (χ4v) is 2.16. The summed E-state index contributed by atoms with van der Waals surface area (Å²) < 4.78 is 4.95. The first kappa shape index (κ1) is 20.4. The number of halogens is 1. The molecule has 1 heterocycles. The SMILES string of the molecule is CCNC(=NCc1noc(C)n1)NCC(C)c1ccc(C)cc1.I. The topological polar surface area (TPSA) is 75.3 Å². The van der Waals surface area contributed by atoms with Gasteiger partial charge < -0.3 is 15.2 Å². The number of rotatable bonds is 6. The maximum atomic E-state index is 4.95. The van der Waals surface area contributed by atoms with E-state index >= 15 is 0 Å². The second-order valence-corrected chi connectivity index (χ2v) is 5.62. The number of nitrogens with one attached hydrogen (secondary N) is 2. The van der Waals surface area contributed by atoms with Crippen molar-refractivity contribution in [3.63, 3.8) is 0 Å². The van der Waals surface area contributed by atoms with E-state index in [1.165, 1.54) is 11.1 Å². The van der Waals surface area contributed by atoms with Crippen LogP contribution in [0.2, 0.25) is 0 Å². The molecule has 0 aliphatic carbocycles. The van der Waals surface area contributed by atoms with Gasteiger partial charge in [-0.1, -0.05) is 41.9 Å². The number of aromatic nitrogens is 2. The summed E-state index contributed by atoms with van der Waals surface area (Å²) in [5.41, 5.74) is 2.59. The van der Waals surface area contributed by atoms with E-state index in [9.17, 15) is 0 Å². The van der Waals surface area contributed by atoms with Crippen LogP contribution in [0.25, 0.3) is 0 Å². The van der Waals surface area contributed by atoms with Crippen molar-refractivity contribution >= 4 is 29.9 Å². The van der Waals surface area contributed by atoms with E-state index in [0.717, 1.165) is 19.0 Å². The first-order valence-electron chi connectivity index (χ1n) is 7.96. The molecule has 1 aromatic heterocycles. The minimum Gasteiger partial charge on any atom is -0.357 e. The summed E-state index contributed by atoms with van der Waals surface area (Å²) in [6, 6.07) is 8.63. The molecular formula is C17H26IN5O. The van der Waals surface area contributed by atoms with E-state index in [1.807, 2.05) is 6.92 Å². The molecule has 1 atom stereocenters. The van der Waals surface area contributed by atoms with Crippen LogP contribution in [0.15, 0.2) is 33.8 Å². The van der Waals surface area contributed by atoms with E-state index in [0.29, 0.717) is 24.2 Å².